The van der Waals surface area contributed by atoms with E-state index in [1.54, 1.807) is 7.05 Å². The van der Waals surface area contributed by atoms with Gasteiger partial charge in [-0.05, 0) is 19.4 Å². The molecule has 3 N–H and O–H groups in total. The van der Waals surface area contributed by atoms with Gasteiger partial charge in [0.05, 0.1) is 13.2 Å². The number of rotatable bonds is 9. The molecule has 0 bridgehead atoms. The molecule has 0 saturated carbocycles. The first-order valence-electron chi connectivity index (χ1n) is 8.72. The van der Waals surface area contributed by atoms with Crippen LogP contribution in [0.4, 0.5) is 0 Å². The van der Waals surface area contributed by atoms with Gasteiger partial charge in [-0.15, -0.1) is 0 Å². The van der Waals surface area contributed by atoms with E-state index in [1.165, 1.54) is 0 Å². The van der Waals surface area contributed by atoms with E-state index in [-0.39, 0.29) is 18.6 Å². The first kappa shape index (κ1) is 19.9. The molecule has 2 rings (SSSR count). The first-order valence-corrected chi connectivity index (χ1v) is 8.72. The molecule has 1 heterocycles. The van der Waals surface area contributed by atoms with E-state index in [9.17, 15) is 5.11 Å². The van der Waals surface area contributed by atoms with E-state index in [4.69, 9.17) is 9.26 Å². The molecule has 2 aromatic rings. The fraction of sp³-hybridized carbons (Fsp3) is 0.500. The summed E-state index contributed by atoms with van der Waals surface area (Å²) in [5.74, 6) is 1.56. The summed E-state index contributed by atoms with van der Waals surface area (Å²) in [6, 6.07) is 9.87. The van der Waals surface area contributed by atoms with Crippen molar-refractivity contribution in [2.45, 2.75) is 32.4 Å². The summed E-state index contributed by atoms with van der Waals surface area (Å²) in [5.41, 5.74) is 1.07. The van der Waals surface area contributed by atoms with Gasteiger partial charge < -0.3 is 25.0 Å². The number of ether oxygens (including phenoxy) is 1. The predicted octanol–water partition coefficient (Wildman–Crippen LogP) is 1.61. The van der Waals surface area contributed by atoms with E-state index in [0.29, 0.717) is 37.4 Å². The molecule has 0 fully saturated rings. The van der Waals surface area contributed by atoms with Crippen molar-refractivity contribution in [3.8, 4) is 0 Å². The zero-order valence-electron chi connectivity index (χ0n) is 15.5. The minimum atomic E-state index is -0.203. The number of aliphatic hydroxyl groups is 1. The zero-order chi connectivity index (χ0) is 18.8. The first-order chi connectivity index (χ1) is 12.7. The van der Waals surface area contributed by atoms with E-state index < -0.39 is 0 Å². The third-order valence-electron chi connectivity index (χ3n) is 3.90. The second-order valence-corrected chi connectivity index (χ2v) is 5.74. The summed E-state index contributed by atoms with van der Waals surface area (Å²) in [6.45, 7) is 5.34. The standard InChI is InChI=1S/C18H27N5O3/c1-4-25-13(2)17-22-16(26-23-17)11-21-18(19-3)20-10-15(12-24)14-8-6-5-7-9-14/h5-9,13,15,24H,4,10-12H2,1-3H3,(H2,19,20,21). The van der Waals surface area contributed by atoms with Gasteiger partial charge in [0, 0.05) is 26.1 Å². The molecule has 0 aliphatic carbocycles. The molecule has 0 spiro atoms. The van der Waals surface area contributed by atoms with Gasteiger partial charge in [0.1, 0.15) is 6.10 Å². The molecule has 2 unspecified atom stereocenters. The third kappa shape index (κ3) is 5.82. The Hall–Kier alpha value is -2.45. The van der Waals surface area contributed by atoms with Crippen molar-refractivity contribution in [2.75, 3.05) is 26.8 Å². The molecule has 1 aromatic heterocycles. The summed E-state index contributed by atoms with van der Waals surface area (Å²) >= 11 is 0. The zero-order valence-corrected chi connectivity index (χ0v) is 15.5. The Bertz CT molecular complexity index is 674. The van der Waals surface area contributed by atoms with Crippen molar-refractivity contribution in [1.29, 1.82) is 0 Å². The van der Waals surface area contributed by atoms with Gasteiger partial charge in [-0.2, -0.15) is 4.98 Å². The highest BCUT2D eigenvalue weighted by Crippen LogP contribution is 2.14. The molecule has 0 radical (unpaired) electrons. The molecule has 0 aliphatic rings. The second kappa shape index (κ2) is 10.5. The largest absolute Gasteiger partial charge is 0.396 e. The number of aliphatic imine (C=N–C) groups is 1. The van der Waals surface area contributed by atoms with Crippen LogP contribution in [0.3, 0.4) is 0 Å². The Morgan fingerprint density at radius 1 is 1.31 bits per heavy atom. The molecule has 8 nitrogen and oxygen atoms in total. The Labute approximate surface area is 153 Å². The van der Waals surface area contributed by atoms with Crippen LogP contribution in [0.1, 0.15) is 43.1 Å². The lowest BCUT2D eigenvalue weighted by Gasteiger charge is -2.17. The summed E-state index contributed by atoms with van der Waals surface area (Å²) in [7, 11) is 1.68. The number of hydrogen-bond acceptors (Lipinski definition) is 6. The molecule has 2 atom stereocenters. The molecule has 0 saturated heterocycles. The van der Waals surface area contributed by atoms with Crippen LogP contribution in [0.2, 0.25) is 0 Å². The highest BCUT2D eigenvalue weighted by molar-refractivity contribution is 5.79. The number of aromatic nitrogens is 2. The maximum atomic E-state index is 9.63. The number of nitrogens with zero attached hydrogens (tertiary/aromatic N) is 3. The quantitative estimate of drug-likeness (QED) is 0.460. The monoisotopic (exact) mass is 361 g/mol. The van der Waals surface area contributed by atoms with Crippen molar-refractivity contribution in [3.63, 3.8) is 0 Å². The number of hydrogen-bond donors (Lipinski definition) is 3. The van der Waals surface area contributed by atoms with Gasteiger partial charge in [-0.3, -0.25) is 4.99 Å². The average molecular weight is 361 g/mol. The van der Waals surface area contributed by atoms with Crippen LogP contribution in [0.5, 0.6) is 0 Å². The maximum Gasteiger partial charge on any atom is 0.246 e. The fourth-order valence-corrected chi connectivity index (χ4v) is 2.44. The summed E-state index contributed by atoms with van der Waals surface area (Å²) in [5, 5.41) is 19.9. The predicted molar refractivity (Wildman–Crippen MR) is 98.8 cm³/mol. The molecule has 0 amide bonds. The minimum absolute atomic E-state index is 0.0169. The van der Waals surface area contributed by atoms with Crippen LogP contribution in [0.25, 0.3) is 0 Å². The lowest BCUT2D eigenvalue weighted by molar-refractivity contribution is 0.0683. The summed E-state index contributed by atoms with van der Waals surface area (Å²) in [4.78, 5) is 8.48. The normalized spacial score (nSPS) is 14.1. The minimum Gasteiger partial charge on any atom is -0.396 e. The third-order valence-corrected chi connectivity index (χ3v) is 3.90. The average Bonchev–Trinajstić information content (AvgIpc) is 3.15. The van der Waals surface area contributed by atoms with E-state index in [0.717, 1.165) is 5.56 Å². The highest BCUT2D eigenvalue weighted by atomic mass is 16.5. The van der Waals surface area contributed by atoms with Crippen molar-refractivity contribution >= 4 is 5.96 Å². The lowest BCUT2D eigenvalue weighted by atomic mass is 10.0. The molecule has 0 aliphatic heterocycles. The Morgan fingerprint density at radius 3 is 2.73 bits per heavy atom. The molecule has 26 heavy (non-hydrogen) atoms. The summed E-state index contributed by atoms with van der Waals surface area (Å²) in [6.07, 6.45) is -0.203. The molecular weight excluding hydrogens is 334 g/mol. The maximum absolute atomic E-state index is 9.63. The van der Waals surface area contributed by atoms with E-state index in [1.807, 2.05) is 44.2 Å². The van der Waals surface area contributed by atoms with Crippen LogP contribution in [0.15, 0.2) is 39.8 Å². The van der Waals surface area contributed by atoms with E-state index >= 15 is 0 Å². The Balaban J connectivity index is 1.84. The Morgan fingerprint density at radius 2 is 2.08 bits per heavy atom. The molecular formula is C18H27N5O3. The van der Waals surface area contributed by atoms with Gasteiger partial charge in [-0.25, -0.2) is 0 Å². The number of nitrogens with one attached hydrogen (secondary N) is 2. The Kier molecular flexibility index (Phi) is 8.04. The van der Waals surface area contributed by atoms with Gasteiger partial charge in [0.2, 0.25) is 5.89 Å². The van der Waals surface area contributed by atoms with Gasteiger partial charge in [0.15, 0.2) is 11.8 Å². The van der Waals surface area contributed by atoms with Gasteiger partial charge in [0.25, 0.3) is 0 Å². The molecule has 8 heteroatoms. The second-order valence-electron chi connectivity index (χ2n) is 5.74. The van der Waals surface area contributed by atoms with Crippen LogP contribution >= 0.6 is 0 Å². The van der Waals surface area contributed by atoms with Crippen molar-refractivity contribution in [3.05, 3.63) is 47.6 Å². The number of benzene rings is 1. The van der Waals surface area contributed by atoms with Crippen molar-refractivity contribution < 1.29 is 14.4 Å². The lowest BCUT2D eigenvalue weighted by Crippen LogP contribution is -2.39. The van der Waals surface area contributed by atoms with Crippen LogP contribution in [-0.2, 0) is 11.3 Å². The summed E-state index contributed by atoms with van der Waals surface area (Å²) < 4.78 is 10.7. The SMILES string of the molecule is CCOC(C)c1noc(CNC(=NC)NCC(CO)c2ccccc2)n1. The van der Waals surface area contributed by atoms with Crippen LogP contribution < -0.4 is 10.6 Å². The number of guanidine groups is 1. The molecule has 1 aromatic carbocycles. The number of aliphatic hydroxyl groups excluding tert-OH is 1. The highest BCUT2D eigenvalue weighted by Gasteiger charge is 2.14. The van der Waals surface area contributed by atoms with Crippen LogP contribution in [0, 0.1) is 0 Å². The van der Waals surface area contributed by atoms with E-state index in [2.05, 4.69) is 25.8 Å². The van der Waals surface area contributed by atoms with Crippen molar-refractivity contribution in [2.24, 2.45) is 4.99 Å². The van der Waals surface area contributed by atoms with Crippen LogP contribution in [-0.4, -0.2) is 48.0 Å². The fourth-order valence-electron chi connectivity index (χ4n) is 2.44. The smallest absolute Gasteiger partial charge is 0.246 e. The van der Waals surface area contributed by atoms with Gasteiger partial charge >= 0.3 is 0 Å². The topological polar surface area (TPSA) is 105 Å². The molecule has 142 valence electrons. The van der Waals surface area contributed by atoms with Gasteiger partial charge in [-0.1, -0.05) is 35.5 Å². The van der Waals surface area contributed by atoms with Crippen molar-refractivity contribution in [1.82, 2.24) is 20.8 Å².